The molecule has 3 nitrogen and oxygen atoms in total. The van der Waals surface area contributed by atoms with Gasteiger partial charge in [0.1, 0.15) is 5.82 Å². The van der Waals surface area contributed by atoms with Gasteiger partial charge in [-0.3, -0.25) is 0 Å². The molecule has 1 aliphatic rings. The zero-order valence-electron chi connectivity index (χ0n) is 6.45. The maximum atomic E-state index is 8.73. The Morgan fingerprint density at radius 2 is 2.55 bits per heavy atom. The molecular formula is C8H12N2O. The molecule has 0 saturated heterocycles. The van der Waals surface area contributed by atoms with Crippen molar-refractivity contribution < 1.29 is 5.11 Å². The van der Waals surface area contributed by atoms with E-state index in [0.717, 1.165) is 19.4 Å². The molecule has 0 radical (unpaired) electrons. The van der Waals surface area contributed by atoms with Crippen LogP contribution in [-0.2, 0) is 19.4 Å². The Labute approximate surface area is 65.7 Å². The minimum Gasteiger partial charge on any atom is -0.396 e. The first-order valence-electron chi connectivity index (χ1n) is 4.06. The van der Waals surface area contributed by atoms with Crippen molar-refractivity contribution in [2.45, 2.75) is 25.8 Å². The first-order valence-corrected chi connectivity index (χ1v) is 4.06. The van der Waals surface area contributed by atoms with Crippen LogP contribution in [0.3, 0.4) is 0 Å². The quantitative estimate of drug-likeness (QED) is 0.664. The van der Waals surface area contributed by atoms with E-state index in [-0.39, 0.29) is 6.61 Å². The third kappa shape index (κ3) is 1.05. The smallest absolute Gasteiger partial charge is 0.108 e. The zero-order chi connectivity index (χ0) is 7.68. The van der Waals surface area contributed by atoms with Crippen molar-refractivity contribution in [1.29, 1.82) is 0 Å². The maximum absolute atomic E-state index is 8.73. The van der Waals surface area contributed by atoms with E-state index in [9.17, 15) is 0 Å². The molecule has 1 N–H and O–H groups in total. The number of aromatic nitrogens is 2. The predicted molar refractivity (Wildman–Crippen MR) is 41.3 cm³/mol. The van der Waals surface area contributed by atoms with Gasteiger partial charge in [-0.25, -0.2) is 4.98 Å². The van der Waals surface area contributed by atoms with Crippen molar-refractivity contribution >= 4 is 0 Å². The molecule has 3 heteroatoms. The van der Waals surface area contributed by atoms with Crippen LogP contribution in [-0.4, -0.2) is 21.3 Å². The molecule has 0 atom stereocenters. The van der Waals surface area contributed by atoms with E-state index in [4.69, 9.17) is 5.11 Å². The van der Waals surface area contributed by atoms with Crippen LogP contribution >= 0.6 is 0 Å². The fourth-order valence-corrected chi connectivity index (χ4v) is 1.64. The van der Waals surface area contributed by atoms with Crippen LogP contribution in [0.2, 0.25) is 0 Å². The molecule has 0 saturated carbocycles. The van der Waals surface area contributed by atoms with E-state index in [0.29, 0.717) is 0 Å². The standard InChI is InChI=1S/C8H12N2O/c11-5-3-7-6-9-8-2-1-4-10(7)8/h6,11H,1-5H2. The lowest BCUT2D eigenvalue weighted by Gasteiger charge is -2.00. The summed E-state index contributed by atoms with van der Waals surface area (Å²) in [6.07, 6.45) is 4.94. The Bertz CT molecular complexity index is 255. The normalized spacial score (nSPS) is 15.4. The van der Waals surface area contributed by atoms with Gasteiger partial charge < -0.3 is 9.67 Å². The van der Waals surface area contributed by atoms with Gasteiger partial charge in [-0.15, -0.1) is 0 Å². The van der Waals surface area contributed by atoms with E-state index in [1.807, 2.05) is 6.20 Å². The summed E-state index contributed by atoms with van der Waals surface area (Å²) in [5.74, 6) is 1.19. The summed E-state index contributed by atoms with van der Waals surface area (Å²) in [6.45, 7) is 1.32. The zero-order valence-corrected chi connectivity index (χ0v) is 6.45. The lowest BCUT2D eigenvalue weighted by atomic mass is 10.3. The van der Waals surface area contributed by atoms with Crippen LogP contribution in [0, 0.1) is 0 Å². The van der Waals surface area contributed by atoms with Crippen LogP contribution in [0.1, 0.15) is 17.9 Å². The summed E-state index contributed by atoms with van der Waals surface area (Å²) in [7, 11) is 0. The van der Waals surface area contributed by atoms with Crippen molar-refractivity contribution in [3.05, 3.63) is 17.7 Å². The molecular weight excluding hydrogens is 140 g/mol. The van der Waals surface area contributed by atoms with E-state index < -0.39 is 0 Å². The number of aliphatic hydroxyl groups is 1. The van der Waals surface area contributed by atoms with E-state index >= 15 is 0 Å². The number of hydrogen-bond acceptors (Lipinski definition) is 2. The molecule has 0 aromatic carbocycles. The van der Waals surface area contributed by atoms with Gasteiger partial charge in [-0.1, -0.05) is 0 Å². The van der Waals surface area contributed by atoms with Gasteiger partial charge in [0.05, 0.1) is 0 Å². The number of hydrogen-bond donors (Lipinski definition) is 1. The van der Waals surface area contributed by atoms with Crippen molar-refractivity contribution in [3.63, 3.8) is 0 Å². The van der Waals surface area contributed by atoms with Crippen molar-refractivity contribution in [3.8, 4) is 0 Å². The van der Waals surface area contributed by atoms with E-state index in [1.54, 1.807) is 0 Å². The van der Waals surface area contributed by atoms with Gasteiger partial charge in [0.2, 0.25) is 0 Å². The molecule has 11 heavy (non-hydrogen) atoms. The van der Waals surface area contributed by atoms with Gasteiger partial charge in [-0.2, -0.15) is 0 Å². The number of nitrogens with zero attached hydrogens (tertiary/aromatic N) is 2. The summed E-state index contributed by atoms with van der Waals surface area (Å²) in [4.78, 5) is 4.27. The summed E-state index contributed by atoms with van der Waals surface area (Å²) in [6, 6.07) is 0. The Hall–Kier alpha value is -0.830. The third-order valence-electron chi connectivity index (χ3n) is 2.17. The summed E-state index contributed by atoms with van der Waals surface area (Å²) < 4.78 is 2.22. The minimum atomic E-state index is 0.227. The highest BCUT2D eigenvalue weighted by atomic mass is 16.3. The number of aryl methyl sites for hydroxylation is 1. The van der Waals surface area contributed by atoms with Crippen LogP contribution in [0.25, 0.3) is 0 Å². The second kappa shape index (κ2) is 2.66. The van der Waals surface area contributed by atoms with Gasteiger partial charge >= 0.3 is 0 Å². The largest absolute Gasteiger partial charge is 0.396 e. The molecule has 2 rings (SSSR count). The third-order valence-corrected chi connectivity index (χ3v) is 2.17. The molecule has 0 aliphatic carbocycles. The Morgan fingerprint density at radius 1 is 1.64 bits per heavy atom. The Kier molecular flexibility index (Phi) is 1.66. The first-order chi connectivity index (χ1) is 5.42. The van der Waals surface area contributed by atoms with Gasteiger partial charge in [0, 0.05) is 37.9 Å². The lowest BCUT2D eigenvalue weighted by molar-refractivity contribution is 0.296. The van der Waals surface area contributed by atoms with E-state index in [2.05, 4.69) is 9.55 Å². The monoisotopic (exact) mass is 152 g/mol. The molecule has 0 fully saturated rings. The SMILES string of the molecule is OCCc1cnc2n1CCC2. The topological polar surface area (TPSA) is 38.1 Å². The second-order valence-corrected chi connectivity index (χ2v) is 2.89. The van der Waals surface area contributed by atoms with Crippen molar-refractivity contribution in [1.82, 2.24) is 9.55 Å². The highest BCUT2D eigenvalue weighted by Gasteiger charge is 2.14. The fraction of sp³-hybridized carbons (Fsp3) is 0.625. The summed E-state index contributed by atoms with van der Waals surface area (Å²) in [5.41, 5.74) is 1.18. The Balaban J connectivity index is 2.27. The van der Waals surface area contributed by atoms with Crippen molar-refractivity contribution in [2.24, 2.45) is 0 Å². The van der Waals surface area contributed by atoms with E-state index in [1.165, 1.54) is 17.9 Å². The molecule has 2 heterocycles. The molecule has 0 spiro atoms. The molecule has 0 unspecified atom stereocenters. The predicted octanol–water partition coefficient (Wildman–Crippen LogP) is 0.364. The average molecular weight is 152 g/mol. The summed E-state index contributed by atoms with van der Waals surface area (Å²) in [5, 5.41) is 8.73. The molecule has 0 bridgehead atoms. The highest BCUT2D eigenvalue weighted by molar-refractivity contribution is 5.08. The van der Waals surface area contributed by atoms with Crippen LogP contribution in [0.4, 0.5) is 0 Å². The number of rotatable bonds is 2. The highest BCUT2D eigenvalue weighted by Crippen LogP contribution is 2.15. The molecule has 1 aromatic heterocycles. The second-order valence-electron chi connectivity index (χ2n) is 2.89. The number of fused-ring (bicyclic) bond motifs is 1. The first kappa shape index (κ1) is 6.85. The molecule has 1 aliphatic heterocycles. The van der Waals surface area contributed by atoms with Crippen LogP contribution in [0.15, 0.2) is 6.20 Å². The molecule has 1 aromatic rings. The minimum absolute atomic E-state index is 0.227. The van der Waals surface area contributed by atoms with Crippen molar-refractivity contribution in [2.75, 3.05) is 6.61 Å². The summed E-state index contributed by atoms with van der Waals surface area (Å²) >= 11 is 0. The van der Waals surface area contributed by atoms with Gasteiger partial charge in [0.15, 0.2) is 0 Å². The van der Waals surface area contributed by atoms with Gasteiger partial charge in [0.25, 0.3) is 0 Å². The number of imidazole rings is 1. The molecule has 0 amide bonds. The Morgan fingerprint density at radius 3 is 3.36 bits per heavy atom. The van der Waals surface area contributed by atoms with Crippen LogP contribution in [0.5, 0.6) is 0 Å². The average Bonchev–Trinajstić information content (AvgIpc) is 2.53. The molecule has 60 valence electrons. The van der Waals surface area contributed by atoms with Crippen LogP contribution < -0.4 is 0 Å². The maximum Gasteiger partial charge on any atom is 0.108 e. The van der Waals surface area contributed by atoms with Gasteiger partial charge in [-0.05, 0) is 6.42 Å². The lowest BCUT2D eigenvalue weighted by Crippen LogP contribution is -2.01. The number of aliphatic hydroxyl groups excluding tert-OH is 1. The fourth-order valence-electron chi connectivity index (χ4n) is 1.64.